The molecule has 0 saturated carbocycles. The van der Waals surface area contributed by atoms with E-state index in [2.05, 4.69) is 15.7 Å². The van der Waals surface area contributed by atoms with Gasteiger partial charge in [-0.2, -0.15) is 21.0 Å². The van der Waals surface area contributed by atoms with Gasteiger partial charge in [0.15, 0.2) is 0 Å². The molecule has 31 heavy (non-hydrogen) atoms. The smallest absolute Gasteiger partial charge is 0.337 e. The molecule has 0 aliphatic carbocycles. The van der Waals surface area contributed by atoms with E-state index < -0.39 is 25.4 Å². The van der Waals surface area contributed by atoms with Gasteiger partial charge in [0.05, 0.1) is 12.1 Å². The summed E-state index contributed by atoms with van der Waals surface area (Å²) in [6, 6.07) is 0.160. The van der Waals surface area contributed by atoms with E-state index >= 15 is 0 Å². The van der Waals surface area contributed by atoms with Crippen LogP contribution in [0.2, 0.25) is 0 Å². The number of hydrogen-bond donors (Lipinski definition) is 3. The number of aldehydes is 1. The van der Waals surface area contributed by atoms with Crippen LogP contribution in [0, 0.1) is 0 Å². The Labute approximate surface area is 189 Å². The minimum atomic E-state index is -2.44. The summed E-state index contributed by atoms with van der Waals surface area (Å²) >= 11 is 2.40. The first-order valence-electron chi connectivity index (χ1n) is 9.78. The summed E-state index contributed by atoms with van der Waals surface area (Å²) in [5.41, 5.74) is 0. The number of nitrogens with zero attached hydrogens (tertiary/aromatic N) is 1. The third-order valence-corrected chi connectivity index (χ3v) is 8.52. The highest BCUT2D eigenvalue weighted by molar-refractivity contribution is 8.54. The maximum Gasteiger partial charge on any atom is 0.342 e. The molecule has 174 valence electrons. The SMILES string of the molecule is CN(OC(=O)CSP(F)NC(=O)CCCCC1SCC2NC(=O)NC21)C(=O)CCC=O. The van der Waals surface area contributed by atoms with E-state index in [1.807, 2.05) is 0 Å². The van der Waals surface area contributed by atoms with E-state index in [0.717, 1.165) is 18.6 Å². The van der Waals surface area contributed by atoms with E-state index in [-0.39, 0.29) is 43.1 Å². The monoisotopic (exact) mass is 496 g/mol. The van der Waals surface area contributed by atoms with Crippen molar-refractivity contribution < 1.29 is 33.0 Å². The first kappa shape index (κ1) is 25.7. The van der Waals surface area contributed by atoms with Crippen molar-refractivity contribution in [2.24, 2.45) is 0 Å². The Balaban J connectivity index is 1.53. The number of rotatable bonds is 12. The van der Waals surface area contributed by atoms with Gasteiger partial charge in [0.1, 0.15) is 12.0 Å². The molecule has 2 aliphatic rings. The summed E-state index contributed by atoms with van der Waals surface area (Å²) in [7, 11) is -1.20. The summed E-state index contributed by atoms with van der Waals surface area (Å²) in [5, 5.41) is 9.06. The zero-order valence-electron chi connectivity index (χ0n) is 17.0. The lowest BCUT2D eigenvalue weighted by molar-refractivity contribution is -0.190. The van der Waals surface area contributed by atoms with Crippen LogP contribution in [0.4, 0.5) is 8.99 Å². The van der Waals surface area contributed by atoms with Crippen molar-refractivity contribution in [3.63, 3.8) is 0 Å². The average molecular weight is 497 g/mol. The minimum Gasteiger partial charge on any atom is -0.337 e. The van der Waals surface area contributed by atoms with Crippen LogP contribution in [0.1, 0.15) is 38.5 Å². The normalized spacial score (nSPS) is 22.6. The van der Waals surface area contributed by atoms with E-state index in [0.29, 0.717) is 34.4 Å². The maximum atomic E-state index is 13.9. The summed E-state index contributed by atoms with van der Waals surface area (Å²) in [6.45, 7) is 0. The van der Waals surface area contributed by atoms with Crippen molar-refractivity contribution in [3.8, 4) is 0 Å². The Morgan fingerprint density at radius 3 is 2.87 bits per heavy atom. The summed E-state index contributed by atoms with van der Waals surface area (Å²) in [6.07, 6.45) is 2.95. The molecule has 4 atom stereocenters. The molecule has 4 unspecified atom stereocenters. The van der Waals surface area contributed by atoms with Crippen LogP contribution >= 0.6 is 30.7 Å². The van der Waals surface area contributed by atoms with E-state index in [9.17, 15) is 28.2 Å². The fourth-order valence-corrected chi connectivity index (χ4v) is 6.48. The Bertz CT molecular complexity index is 691. The van der Waals surface area contributed by atoms with Gasteiger partial charge in [0.25, 0.3) is 5.91 Å². The lowest BCUT2D eigenvalue weighted by Crippen LogP contribution is -2.36. The number of hydroxylamine groups is 2. The summed E-state index contributed by atoms with van der Waals surface area (Å²) < 4.78 is 13.9. The maximum absolute atomic E-state index is 13.9. The zero-order chi connectivity index (χ0) is 22.8. The number of hydrogen-bond acceptors (Lipinski definition) is 8. The van der Waals surface area contributed by atoms with Gasteiger partial charge in [-0.3, -0.25) is 9.59 Å². The van der Waals surface area contributed by atoms with Gasteiger partial charge in [-0.1, -0.05) is 17.8 Å². The molecule has 2 aliphatic heterocycles. The number of amides is 4. The van der Waals surface area contributed by atoms with Gasteiger partial charge in [0.2, 0.25) is 13.5 Å². The van der Waals surface area contributed by atoms with Crippen LogP contribution in [0.25, 0.3) is 0 Å². The lowest BCUT2D eigenvalue weighted by Gasteiger charge is -2.16. The van der Waals surface area contributed by atoms with Crippen molar-refractivity contribution in [3.05, 3.63) is 0 Å². The third-order valence-electron chi connectivity index (χ3n) is 4.65. The van der Waals surface area contributed by atoms with E-state index in [1.165, 1.54) is 7.05 Å². The fraction of sp³-hybridized carbons (Fsp3) is 0.706. The molecule has 2 rings (SSSR count). The predicted molar refractivity (Wildman–Crippen MR) is 117 cm³/mol. The van der Waals surface area contributed by atoms with Crippen LogP contribution in [-0.4, -0.2) is 71.1 Å². The molecule has 0 aromatic heterocycles. The fourth-order valence-electron chi connectivity index (χ4n) is 3.14. The van der Waals surface area contributed by atoms with Crippen molar-refractivity contribution in [2.45, 2.75) is 55.9 Å². The second kappa shape index (κ2) is 13.1. The molecule has 0 aromatic rings. The largest absolute Gasteiger partial charge is 0.342 e. The Morgan fingerprint density at radius 2 is 2.13 bits per heavy atom. The molecular weight excluding hydrogens is 470 g/mol. The van der Waals surface area contributed by atoms with Gasteiger partial charge < -0.3 is 25.4 Å². The van der Waals surface area contributed by atoms with Crippen molar-refractivity contribution in [1.29, 1.82) is 0 Å². The molecule has 14 heteroatoms. The molecule has 2 saturated heterocycles. The van der Waals surface area contributed by atoms with Crippen LogP contribution < -0.4 is 15.7 Å². The first-order chi connectivity index (χ1) is 14.8. The Kier molecular flexibility index (Phi) is 10.8. The van der Waals surface area contributed by atoms with Gasteiger partial charge in [0, 0.05) is 37.3 Å². The molecule has 10 nitrogen and oxygen atoms in total. The Hall–Kier alpha value is -1.59. The number of urea groups is 1. The van der Waals surface area contributed by atoms with E-state index in [1.54, 1.807) is 11.8 Å². The Morgan fingerprint density at radius 1 is 1.35 bits per heavy atom. The molecule has 0 radical (unpaired) electrons. The highest BCUT2D eigenvalue weighted by Crippen LogP contribution is 2.47. The van der Waals surface area contributed by atoms with Crippen LogP contribution in [0.3, 0.4) is 0 Å². The van der Waals surface area contributed by atoms with Gasteiger partial charge in [-0.05, 0) is 12.8 Å². The standard InChI is InChI=1S/C17H26FN4O6PS2/c1-22(14(25)7-4-8-23)28-15(26)10-31-29(18)21-13(24)6-3-2-5-12-16-11(9-30-12)19-17(27)20-16/h8,11-12,16H,2-7,9-10H2,1H3,(H,21,24)(H2,19,20,27). The molecule has 4 amide bonds. The zero-order valence-corrected chi connectivity index (χ0v) is 19.5. The van der Waals surface area contributed by atoms with Crippen molar-refractivity contribution >= 4 is 60.8 Å². The predicted octanol–water partition coefficient (Wildman–Crippen LogP) is 1.65. The molecule has 0 aromatic carbocycles. The number of unbranched alkanes of at least 4 members (excludes halogenated alkanes) is 1. The number of carbonyl (C=O) groups excluding carboxylic acids is 5. The molecule has 0 bridgehead atoms. The number of nitrogens with one attached hydrogen (secondary N) is 3. The summed E-state index contributed by atoms with van der Waals surface area (Å²) in [5.74, 6) is -1.28. The number of thioether (sulfide) groups is 1. The minimum absolute atomic E-state index is 0.0195. The highest BCUT2D eigenvalue weighted by Gasteiger charge is 2.42. The number of fused-ring (bicyclic) bond motifs is 1. The van der Waals surface area contributed by atoms with Gasteiger partial charge in [-0.15, -0.1) is 0 Å². The molecule has 2 fully saturated rings. The topological polar surface area (TPSA) is 134 Å². The van der Waals surface area contributed by atoms with Crippen LogP contribution in [-0.2, 0) is 24.0 Å². The third kappa shape index (κ3) is 8.82. The molecule has 2 heterocycles. The molecular formula is C17H26FN4O6PS2. The van der Waals surface area contributed by atoms with Crippen molar-refractivity contribution in [1.82, 2.24) is 20.8 Å². The lowest BCUT2D eigenvalue weighted by atomic mass is 10.0. The number of carbonyl (C=O) groups is 5. The molecule has 0 spiro atoms. The second-order valence-electron chi connectivity index (χ2n) is 6.98. The number of halogens is 1. The van der Waals surface area contributed by atoms with E-state index in [4.69, 9.17) is 4.84 Å². The summed E-state index contributed by atoms with van der Waals surface area (Å²) in [4.78, 5) is 61.4. The van der Waals surface area contributed by atoms with Gasteiger partial charge in [-0.25, -0.2) is 9.59 Å². The van der Waals surface area contributed by atoms with Crippen LogP contribution in [0.15, 0.2) is 0 Å². The second-order valence-corrected chi connectivity index (χ2v) is 11.2. The average Bonchev–Trinajstić information content (AvgIpc) is 3.27. The highest BCUT2D eigenvalue weighted by atomic mass is 32.7. The first-order valence-corrected chi connectivity index (χ1v) is 13.6. The van der Waals surface area contributed by atoms with Crippen LogP contribution in [0.5, 0.6) is 0 Å². The molecule has 3 N–H and O–H groups in total. The quantitative estimate of drug-likeness (QED) is 0.122. The van der Waals surface area contributed by atoms with Crippen molar-refractivity contribution in [2.75, 3.05) is 18.6 Å². The van der Waals surface area contributed by atoms with Gasteiger partial charge >= 0.3 is 12.0 Å².